The van der Waals surface area contributed by atoms with Crippen LogP contribution >= 0.6 is 0 Å². The molecule has 4 atom stereocenters. The summed E-state index contributed by atoms with van der Waals surface area (Å²) in [5.41, 5.74) is 1.80. The van der Waals surface area contributed by atoms with Crippen molar-refractivity contribution in [1.82, 2.24) is 9.88 Å². The molecule has 3 aliphatic rings. The number of nitrogens with one attached hydrogen (secondary N) is 1. The van der Waals surface area contributed by atoms with Crippen molar-refractivity contribution in [1.29, 1.82) is 5.41 Å². The zero-order valence-corrected chi connectivity index (χ0v) is 18.9. The van der Waals surface area contributed by atoms with Crippen LogP contribution in [0.25, 0.3) is 5.57 Å². The molecule has 9 heteroatoms. The van der Waals surface area contributed by atoms with E-state index < -0.39 is 5.97 Å². The maximum atomic E-state index is 12.4. The van der Waals surface area contributed by atoms with Gasteiger partial charge in [0.25, 0.3) is 0 Å². The standard InChI is InChI=1S/C24H31N3O6/c1-15-22(33-18-4-2-3-16(11-18)23(28)29)8-7-21(26-15)17(12-25)9-10-31-24(30)27-13-19-5-6-20(14-27)32-19/h7-9,12,16,18-20,25H,2-6,10-11,13-14H2,1H3,(H,28,29)/b17-9-,25-12?/t16-,18-,19?,20?/m0/s1. The molecule has 2 N–H and O–H groups in total. The third kappa shape index (κ3) is 5.71. The van der Waals surface area contributed by atoms with Gasteiger partial charge in [-0.25, -0.2) is 9.78 Å². The van der Waals surface area contributed by atoms with Crippen LogP contribution in [0.4, 0.5) is 4.79 Å². The summed E-state index contributed by atoms with van der Waals surface area (Å²) in [6.45, 7) is 3.00. The van der Waals surface area contributed by atoms with Gasteiger partial charge in [0.2, 0.25) is 0 Å². The molecule has 1 aromatic rings. The Hall–Kier alpha value is -2.94. The monoisotopic (exact) mass is 457 g/mol. The first-order valence-electron chi connectivity index (χ1n) is 11.6. The Balaban J connectivity index is 1.33. The molecule has 0 aromatic carbocycles. The molecule has 2 bridgehead atoms. The first kappa shape index (κ1) is 23.2. The van der Waals surface area contributed by atoms with Gasteiger partial charge < -0.3 is 29.6 Å². The van der Waals surface area contributed by atoms with Crippen LogP contribution in [-0.4, -0.2) is 71.3 Å². The first-order valence-corrected chi connectivity index (χ1v) is 11.6. The van der Waals surface area contributed by atoms with Gasteiger partial charge in [-0.3, -0.25) is 4.79 Å². The molecule has 2 unspecified atom stereocenters. The maximum Gasteiger partial charge on any atom is 0.410 e. The number of carboxylic acid groups (broad SMARTS) is 1. The van der Waals surface area contributed by atoms with Gasteiger partial charge in [-0.15, -0.1) is 0 Å². The number of aromatic nitrogens is 1. The number of carbonyl (C=O) groups is 2. The SMILES string of the molecule is Cc1nc(/C(C=N)=C\COC(=O)N2CC3CCC(C2)O3)ccc1O[C@H]1CCC[C@H](C(=O)O)C1. The molecule has 9 nitrogen and oxygen atoms in total. The second kappa shape index (κ2) is 10.3. The van der Waals surface area contributed by atoms with Crippen LogP contribution in [-0.2, 0) is 14.3 Å². The quantitative estimate of drug-likeness (QED) is 0.601. The van der Waals surface area contributed by atoms with Gasteiger partial charge in [-0.2, -0.15) is 0 Å². The summed E-state index contributed by atoms with van der Waals surface area (Å²) < 4.78 is 17.2. The Bertz CT molecular complexity index is 921. The van der Waals surface area contributed by atoms with E-state index in [9.17, 15) is 14.7 Å². The molecule has 3 fully saturated rings. The number of hydrogen-bond donors (Lipinski definition) is 2. The summed E-state index contributed by atoms with van der Waals surface area (Å²) in [6.07, 6.45) is 7.38. The largest absolute Gasteiger partial charge is 0.489 e. The van der Waals surface area contributed by atoms with E-state index in [0.717, 1.165) is 25.7 Å². The van der Waals surface area contributed by atoms with Gasteiger partial charge in [-0.1, -0.05) is 0 Å². The Morgan fingerprint density at radius 1 is 1.24 bits per heavy atom. The van der Waals surface area contributed by atoms with E-state index in [2.05, 4.69) is 4.98 Å². The van der Waals surface area contributed by atoms with Crippen molar-refractivity contribution < 1.29 is 28.9 Å². The van der Waals surface area contributed by atoms with Crippen molar-refractivity contribution in [2.24, 2.45) is 5.92 Å². The number of fused-ring (bicyclic) bond motifs is 2. The third-order valence-corrected chi connectivity index (χ3v) is 6.57. The highest BCUT2D eigenvalue weighted by Crippen LogP contribution is 2.30. The summed E-state index contributed by atoms with van der Waals surface area (Å²) in [5, 5.41) is 17.0. The molecule has 33 heavy (non-hydrogen) atoms. The zero-order valence-electron chi connectivity index (χ0n) is 18.9. The van der Waals surface area contributed by atoms with Gasteiger partial charge in [0, 0.05) is 11.8 Å². The maximum absolute atomic E-state index is 12.4. The lowest BCUT2D eigenvalue weighted by molar-refractivity contribution is -0.143. The molecule has 1 saturated carbocycles. The number of nitrogens with zero attached hydrogens (tertiary/aromatic N) is 2. The number of carboxylic acids is 1. The van der Waals surface area contributed by atoms with Crippen LogP contribution in [0.15, 0.2) is 18.2 Å². The molecule has 1 aromatic heterocycles. The fourth-order valence-electron chi connectivity index (χ4n) is 4.78. The van der Waals surface area contributed by atoms with Crippen molar-refractivity contribution in [3.05, 3.63) is 29.6 Å². The normalized spacial score (nSPS) is 27.2. The van der Waals surface area contributed by atoms with E-state index in [1.807, 2.05) is 6.92 Å². The van der Waals surface area contributed by atoms with E-state index in [1.165, 1.54) is 6.21 Å². The summed E-state index contributed by atoms with van der Waals surface area (Å²) in [5.74, 6) is -0.512. The summed E-state index contributed by atoms with van der Waals surface area (Å²) in [4.78, 5) is 29.9. The Kier molecular flexibility index (Phi) is 7.27. The lowest BCUT2D eigenvalue weighted by Crippen LogP contribution is -2.46. The van der Waals surface area contributed by atoms with Crippen molar-refractivity contribution in [3.63, 3.8) is 0 Å². The molecular weight excluding hydrogens is 426 g/mol. The second-order valence-electron chi connectivity index (χ2n) is 8.96. The highest BCUT2D eigenvalue weighted by molar-refractivity contribution is 6.07. The average molecular weight is 458 g/mol. The van der Waals surface area contributed by atoms with Gasteiger partial charge in [0.05, 0.1) is 48.7 Å². The predicted molar refractivity (Wildman–Crippen MR) is 121 cm³/mol. The number of morpholine rings is 1. The number of ether oxygens (including phenoxy) is 3. The Labute approximate surface area is 193 Å². The molecular formula is C24H31N3O6. The lowest BCUT2D eigenvalue weighted by Gasteiger charge is -2.31. The van der Waals surface area contributed by atoms with E-state index in [0.29, 0.717) is 48.6 Å². The molecule has 178 valence electrons. The Morgan fingerprint density at radius 2 is 2.00 bits per heavy atom. The Morgan fingerprint density at radius 3 is 2.67 bits per heavy atom. The minimum absolute atomic E-state index is 0.0495. The van der Waals surface area contributed by atoms with E-state index in [4.69, 9.17) is 19.6 Å². The molecule has 0 spiro atoms. The number of allylic oxidation sites excluding steroid dienone is 1. The molecule has 3 heterocycles. The molecule has 0 radical (unpaired) electrons. The van der Waals surface area contributed by atoms with Gasteiger partial charge in [-0.05, 0) is 63.7 Å². The van der Waals surface area contributed by atoms with Gasteiger partial charge >= 0.3 is 12.1 Å². The van der Waals surface area contributed by atoms with Gasteiger partial charge in [0.1, 0.15) is 12.4 Å². The number of likely N-dealkylation sites (tertiary alicyclic amines) is 1. The molecule has 1 amide bonds. The topological polar surface area (TPSA) is 122 Å². The predicted octanol–water partition coefficient (Wildman–Crippen LogP) is 3.44. The molecule has 4 rings (SSSR count). The minimum Gasteiger partial charge on any atom is -0.489 e. The second-order valence-corrected chi connectivity index (χ2v) is 8.96. The highest BCUT2D eigenvalue weighted by Gasteiger charge is 2.36. The van der Waals surface area contributed by atoms with Crippen LogP contribution in [0.5, 0.6) is 5.75 Å². The molecule has 1 aliphatic carbocycles. The number of rotatable bonds is 7. The van der Waals surface area contributed by atoms with E-state index >= 15 is 0 Å². The summed E-state index contributed by atoms with van der Waals surface area (Å²) in [7, 11) is 0. The van der Waals surface area contributed by atoms with Crippen molar-refractivity contribution in [2.45, 2.75) is 63.8 Å². The van der Waals surface area contributed by atoms with Crippen LogP contribution in [0, 0.1) is 18.3 Å². The lowest BCUT2D eigenvalue weighted by atomic mass is 9.87. The first-order chi connectivity index (χ1) is 15.9. The molecule has 2 saturated heterocycles. The summed E-state index contributed by atoms with van der Waals surface area (Å²) >= 11 is 0. The highest BCUT2D eigenvalue weighted by atomic mass is 16.6. The minimum atomic E-state index is -0.768. The van der Waals surface area contributed by atoms with Crippen LogP contribution in [0.1, 0.15) is 49.9 Å². The number of hydrogen-bond acceptors (Lipinski definition) is 7. The number of pyridine rings is 1. The van der Waals surface area contributed by atoms with Crippen LogP contribution < -0.4 is 4.74 Å². The fourth-order valence-corrected chi connectivity index (χ4v) is 4.78. The number of aryl methyl sites for hydroxylation is 1. The average Bonchev–Trinajstić information content (AvgIpc) is 3.15. The number of carbonyl (C=O) groups excluding carboxylic acids is 1. The van der Waals surface area contributed by atoms with Crippen LogP contribution in [0.3, 0.4) is 0 Å². The smallest absolute Gasteiger partial charge is 0.410 e. The fraction of sp³-hybridized carbons (Fsp3) is 0.583. The van der Waals surface area contributed by atoms with Crippen molar-refractivity contribution in [3.8, 4) is 5.75 Å². The molecule has 2 aliphatic heterocycles. The van der Waals surface area contributed by atoms with Crippen LogP contribution in [0.2, 0.25) is 0 Å². The van der Waals surface area contributed by atoms with E-state index in [-0.39, 0.29) is 36.9 Å². The van der Waals surface area contributed by atoms with Gasteiger partial charge in [0.15, 0.2) is 0 Å². The summed E-state index contributed by atoms with van der Waals surface area (Å²) in [6, 6.07) is 3.56. The third-order valence-electron chi connectivity index (χ3n) is 6.57. The zero-order chi connectivity index (χ0) is 23.4. The van der Waals surface area contributed by atoms with E-state index in [1.54, 1.807) is 23.1 Å². The van der Waals surface area contributed by atoms with Crippen molar-refractivity contribution in [2.75, 3.05) is 19.7 Å². The number of amides is 1. The van der Waals surface area contributed by atoms with Crippen molar-refractivity contribution >= 4 is 23.9 Å². The number of aliphatic carboxylic acids is 1.